The van der Waals surface area contributed by atoms with Gasteiger partial charge in [0.25, 0.3) is 5.56 Å². The van der Waals surface area contributed by atoms with E-state index in [1.165, 1.54) is 25.4 Å². The number of carbonyl (C=O) groups is 3. The highest BCUT2D eigenvalue weighted by atomic mass is 32.2. The summed E-state index contributed by atoms with van der Waals surface area (Å²) in [6.45, 7) is 6.04. The third-order valence-electron chi connectivity index (χ3n) is 8.95. The van der Waals surface area contributed by atoms with Crippen LogP contribution in [-0.2, 0) is 62.5 Å². The summed E-state index contributed by atoms with van der Waals surface area (Å²) in [5.41, 5.74) is 10.1. The van der Waals surface area contributed by atoms with Gasteiger partial charge in [-0.05, 0) is 5.41 Å². The van der Waals surface area contributed by atoms with Crippen LogP contribution in [0.25, 0.3) is 11.2 Å². The smallest absolute Gasteiger partial charge is 0.386 e. The Morgan fingerprint density at radius 3 is 2.37 bits per heavy atom. The molecule has 8 atom stereocenters. The van der Waals surface area contributed by atoms with Crippen LogP contribution in [-0.4, -0.2) is 133 Å². The van der Waals surface area contributed by atoms with Gasteiger partial charge in [-0.25, -0.2) is 28.6 Å². The van der Waals surface area contributed by atoms with E-state index in [2.05, 4.69) is 38.8 Å². The lowest BCUT2D eigenvalue weighted by Gasteiger charge is -2.30. The number of hydrogen-bond acceptors (Lipinski definition) is 21. The van der Waals surface area contributed by atoms with E-state index in [1.54, 1.807) is 0 Å². The molecular weight excluding hydrogens is 943 g/mol. The van der Waals surface area contributed by atoms with Crippen LogP contribution < -0.4 is 27.7 Å². The first kappa shape index (κ1) is 52.6. The number of amides is 2. The molecule has 0 aliphatic carbocycles. The number of carbonyl (C=O) groups excluding carboxylic acids is 3. The molecule has 13 N–H and O–H groups in total. The van der Waals surface area contributed by atoms with Crippen LogP contribution >= 0.6 is 46.8 Å². The Morgan fingerprint density at radius 2 is 1.71 bits per heavy atom. The lowest BCUT2D eigenvalue weighted by molar-refractivity contribution is -0.137. The first-order valence-electron chi connectivity index (χ1n) is 18.5. The van der Waals surface area contributed by atoms with Crippen molar-refractivity contribution in [3.63, 3.8) is 0 Å². The summed E-state index contributed by atoms with van der Waals surface area (Å²) >= 11 is 2.09. The van der Waals surface area contributed by atoms with Crippen LogP contribution in [0.15, 0.2) is 17.4 Å². The number of rotatable bonds is 22. The Hall–Kier alpha value is -3.05. The summed E-state index contributed by atoms with van der Waals surface area (Å²) in [6, 6.07) is -0.945. The van der Waals surface area contributed by atoms with E-state index in [0.717, 1.165) is 33.9 Å². The third-order valence-corrected chi connectivity index (χ3v) is 14.4. The number of ether oxygens (including phenoxy) is 1. The van der Waals surface area contributed by atoms with E-state index >= 15 is 0 Å². The van der Waals surface area contributed by atoms with Crippen LogP contribution in [0, 0.1) is 5.41 Å². The van der Waals surface area contributed by atoms with Gasteiger partial charge >= 0.3 is 23.5 Å². The molecule has 3 aromatic heterocycles. The Balaban J connectivity index is 1.20. The average molecular weight is 994 g/mol. The summed E-state index contributed by atoms with van der Waals surface area (Å²) in [5.74, 6) is -1.40. The quantitative estimate of drug-likeness (QED) is 0.0437. The number of aliphatic hydroxyl groups excluding tert-OH is 2. The van der Waals surface area contributed by atoms with Gasteiger partial charge in [-0.2, -0.15) is 4.31 Å². The number of phosphoric acid groups is 3. The SMILES string of the molecule is CC(C)(C)c1s[nH]c(=O)c1C[C@H](N)C(=O)SCCNC(=O)CCNC(=O)C(O)C(C)(C)COP(=O)(O)OP(=O)(O)OCC1OC(n2cnc3c(N)ncnc32)C(O)C1OP(=O)(O)O. The van der Waals surface area contributed by atoms with Crippen molar-refractivity contribution in [2.45, 2.75) is 89.6 Å². The Morgan fingerprint density at radius 1 is 1.05 bits per heavy atom. The summed E-state index contributed by atoms with van der Waals surface area (Å²) < 4.78 is 65.0. The van der Waals surface area contributed by atoms with Gasteiger partial charge in [0.05, 0.1) is 25.6 Å². The zero-order valence-electron chi connectivity index (χ0n) is 34.3. The molecular formula is C31H50N9O18P3S2. The molecule has 0 aromatic carbocycles. The molecule has 7 unspecified atom stereocenters. The predicted molar refractivity (Wildman–Crippen MR) is 222 cm³/mol. The molecule has 32 heteroatoms. The number of nitrogens with one attached hydrogen (secondary N) is 3. The van der Waals surface area contributed by atoms with Gasteiger partial charge in [0.15, 0.2) is 17.7 Å². The van der Waals surface area contributed by atoms with Crippen molar-refractivity contribution in [1.29, 1.82) is 0 Å². The Bertz CT molecular complexity index is 2320. The van der Waals surface area contributed by atoms with Gasteiger partial charge < -0.3 is 56.6 Å². The number of thioether (sulfide) groups is 1. The van der Waals surface area contributed by atoms with Crippen LogP contribution in [0.4, 0.5) is 5.82 Å². The average Bonchev–Trinajstić information content (AvgIpc) is 3.85. The number of nitrogens with two attached hydrogens (primary N) is 2. The zero-order valence-corrected chi connectivity index (χ0v) is 38.6. The summed E-state index contributed by atoms with van der Waals surface area (Å²) in [5, 5.41) is 26.1. The molecule has 1 saturated heterocycles. The Kier molecular flexibility index (Phi) is 17.6. The molecule has 3 aromatic rings. The lowest BCUT2D eigenvalue weighted by atomic mass is 9.87. The Labute approximate surface area is 366 Å². The van der Waals surface area contributed by atoms with E-state index in [9.17, 15) is 62.7 Å². The molecule has 0 radical (unpaired) electrons. The van der Waals surface area contributed by atoms with E-state index in [1.807, 2.05) is 20.8 Å². The highest BCUT2D eigenvalue weighted by molar-refractivity contribution is 8.13. The number of nitrogens with zero attached hydrogens (tertiary/aromatic N) is 4. The van der Waals surface area contributed by atoms with Crippen molar-refractivity contribution in [2.24, 2.45) is 11.1 Å². The summed E-state index contributed by atoms with van der Waals surface area (Å²) in [4.78, 5) is 102. The van der Waals surface area contributed by atoms with Gasteiger partial charge in [-0.3, -0.25) is 41.7 Å². The zero-order chi connectivity index (χ0) is 47.3. The van der Waals surface area contributed by atoms with Crippen LogP contribution in [0.1, 0.15) is 57.7 Å². The maximum Gasteiger partial charge on any atom is 0.481 e. The third kappa shape index (κ3) is 14.7. The second kappa shape index (κ2) is 21.1. The standard InChI is InChI=1S/C31H50N9O18P3S2/c1-30(2,3)23-15(26(44)39-63-23)10-16(32)29(46)62-9-8-34-18(41)6-7-35-27(45)22(43)31(4,5)12-55-61(52,53)58-60(50,51)54-11-17-21(57-59(47,48)49)20(42)28(56-17)40-14-38-19-24(33)36-13-37-25(19)40/h13-14,16-17,20-22,28,42-43H,6-12,32H2,1-5H3,(H,34,41)(H,35,45)(H,39,44)(H,50,51)(H,52,53)(H2,33,36,37)(H2,47,48,49)/t16-,17?,20?,21?,22?,28?/m0/s1. The monoisotopic (exact) mass is 993 g/mol. The van der Waals surface area contributed by atoms with E-state index < -0.39 is 90.6 Å². The number of fused-ring (bicyclic) bond motifs is 1. The van der Waals surface area contributed by atoms with E-state index in [0.29, 0.717) is 5.56 Å². The number of nitrogen functional groups attached to an aromatic ring is 1. The van der Waals surface area contributed by atoms with E-state index in [-0.39, 0.29) is 64.8 Å². The van der Waals surface area contributed by atoms with Crippen LogP contribution in [0.5, 0.6) is 0 Å². The summed E-state index contributed by atoms with van der Waals surface area (Å²) in [7, 11) is -16.5. The maximum atomic E-state index is 12.7. The van der Waals surface area contributed by atoms with Crippen molar-refractivity contribution in [3.05, 3.63) is 33.4 Å². The van der Waals surface area contributed by atoms with E-state index in [4.69, 9.17) is 25.3 Å². The fourth-order valence-electron chi connectivity index (χ4n) is 5.81. The minimum atomic E-state index is -5.60. The number of H-pyrrole nitrogens is 1. The largest absolute Gasteiger partial charge is 0.481 e. The highest BCUT2D eigenvalue weighted by Gasteiger charge is 2.50. The molecule has 4 heterocycles. The lowest BCUT2D eigenvalue weighted by Crippen LogP contribution is -2.46. The molecule has 1 fully saturated rings. The molecule has 2 amide bonds. The van der Waals surface area contributed by atoms with Gasteiger partial charge in [-0.15, -0.1) is 0 Å². The first-order chi connectivity index (χ1) is 29.0. The molecule has 1 aliphatic rings. The molecule has 0 spiro atoms. The molecule has 0 bridgehead atoms. The minimum absolute atomic E-state index is 0.0207. The minimum Gasteiger partial charge on any atom is -0.386 e. The second-order valence-electron chi connectivity index (χ2n) is 15.6. The maximum absolute atomic E-state index is 12.7. The van der Waals surface area contributed by atoms with Crippen molar-refractivity contribution < 1.29 is 80.5 Å². The second-order valence-corrected chi connectivity index (χ2v) is 21.8. The fourth-order valence-corrected chi connectivity index (χ4v) is 10.3. The van der Waals surface area contributed by atoms with Crippen molar-refractivity contribution in [3.8, 4) is 0 Å². The topological polar surface area (TPSA) is 423 Å². The number of imidazole rings is 1. The molecule has 27 nitrogen and oxygen atoms in total. The number of anilines is 1. The van der Waals surface area contributed by atoms with Gasteiger partial charge in [0.1, 0.15) is 36.3 Å². The van der Waals surface area contributed by atoms with Crippen LogP contribution in [0.3, 0.4) is 0 Å². The molecule has 1 aliphatic heterocycles. The van der Waals surface area contributed by atoms with Crippen molar-refractivity contribution in [2.75, 3.05) is 37.8 Å². The van der Waals surface area contributed by atoms with Gasteiger partial charge in [0, 0.05) is 47.5 Å². The molecule has 354 valence electrons. The van der Waals surface area contributed by atoms with Crippen LogP contribution in [0.2, 0.25) is 0 Å². The van der Waals surface area contributed by atoms with Gasteiger partial charge in [-0.1, -0.05) is 57.9 Å². The number of phosphoric ester groups is 3. The first-order valence-corrected chi connectivity index (χ1v) is 24.9. The molecule has 4 rings (SSSR count). The van der Waals surface area contributed by atoms with Crippen molar-refractivity contribution in [1.82, 2.24) is 34.5 Å². The number of aromatic amines is 1. The van der Waals surface area contributed by atoms with Crippen molar-refractivity contribution >= 4 is 80.7 Å². The highest BCUT2D eigenvalue weighted by Crippen LogP contribution is 2.61. The number of aliphatic hydroxyl groups is 2. The van der Waals surface area contributed by atoms with Gasteiger partial charge in [0.2, 0.25) is 16.9 Å². The number of aromatic nitrogens is 5. The molecule has 63 heavy (non-hydrogen) atoms. The summed E-state index contributed by atoms with van der Waals surface area (Å²) in [6.07, 6.45) is -7.04. The predicted octanol–water partition coefficient (Wildman–Crippen LogP) is -0.718. The normalized spacial score (nSPS) is 21.4. The molecule has 0 saturated carbocycles. The fraction of sp³-hybridized carbons (Fsp3) is 0.645. The number of hydrogen-bond donors (Lipinski definition) is 11.